The molecule has 2 saturated carbocycles. The lowest BCUT2D eigenvalue weighted by molar-refractivity contribution is 0.313. The van der Waals surface area contributed by atoms with Crippen molar-refractivity contribution in [2.45, 2.75) is 45.4 Å². The molecule has 0 aromatic rings. The van der Waals surface area contributed by atoms with Gasteiger partial charge in [0.25, 0.3) is 0 Å². The van der Waals surface area contributed by atoms with Gasteiger partial charge in [-0.3, -0.25) is 0 Å². The molecule has 0 aromatic carbocycles. The summed E-state index contributed by atoms with van der Waals surface area (Å²) in [5, 5.41) is 0. The topological polar surface area (TPSA) is 0 Å². The van der Waals surface area contributed by atoms with Crippen LogP contribution < -0.4 is 0 Å². The first-order valence-corrected chi connectivity index (χ1v) is 4.16. The Labute approximate surface area is 59.1 Å². The fourth-order valence-corrected chi connectivity index (χ4v) is 2.30. The molecule has 2 aliphatic rings. The van der Waals surface area contributed by atoms with Crippen LogP contribution in [0.25, 0.3) is 0 Å². The summed E-state index contributed by atoms with van der Waals surface area (Å²) in [6.07, 6.45) is 8.04. The summed E-state index contributed by atoms with van der Waals surface area (Å²) >= 11 is 0. The van der Waals surface area contributed by atoms with Crippen LogP contribution in [0.2, 0.25) is 0 Å². The molecular formula is C9H16. The van der Waals surface area contributed by atoms with Gasteiger partial charge in [-0.1, -0.05) is 26.2 Å². The molecule has 1 unspecified atom stereocenters. The molecule has 0 radical (unpaired) electrons. The van der Waals surface area contributed by atoms with Crippen LogP contribution in [0.1, 0.15) is 46.8 Å². The van der Waals surface area contributed by atoms with Gasteiger partial charge >= 0.3 is 0 Å². The Kier molecular flexibility index (Phi) is 0.922. The van der Waals surface area contributed by atoms with Crippen LogP contribution in [0.15, 0.2) is 0 Å². The van der Waals surface area contributed by atoms with Crippen molar-refractivity contribution in [1.82, 2.24) is 0 Å². The summed E-state index contributed by atoms with van der Waals surface area (Å²) in [6.45, 7) is 2.11. The highest BCUT2D eigenvalue weighted by Gasteiger charge is 2.50. The molecule has 1 atom stereocenters. The molecule has 0 heterocycles. The third-order valence-electron chi connectivity index (χ3n) is 3.19. The highest BCUT2D eigenvalue weighted by Crippen LogP contribution is 2.60. The molecule has 0 bridgehead atoms. The van der Waals surface area contributed by atoms with Gasteiger partial charge in [0.15, 0.2) is 0 Å². The monoisotopic (exact) mass is 125 g/mol. The van der Waals surface area contributed by atoms with Gasteiger partial charge in [-0.15, -0.1) is 0 Å². The van der Waals surface area contributed by atoms with Crippen LogP contribution in [-0.4, -0.2) is 0 Å². The van der Waals surface area contributed by atoms with Crippen LogP contribution in [0.5, 0.6) is 0 Å². The van der Waals surface area contributed by atoms with E-state index in [4.69, 9.17) is 1.37 Å². The van der Waals surface area contributed by atoms with E-state index in [0.717, 1.165) is 0 Å². The normalized spacial score (nSPS) is 48.8. The van der Waals surface area contributed by atoms with E-state index in [9.17, 15) is 0 Å². The standard InChI is InChI=1S/C9H16/c1-8-7-9(8)5-3-2-4-6-9/h8H,2-7H2,1H3/i8D. The zero-order valence-corrected chi connectivity index (χ0v) is 6.24. The second-order valence-corrected chi connectivity index (χ2v) is 3.80. The Bertz CT molecular complexity index is 143. The minimum atomic E-state index is -0.0343. The molecule has 0 nitrogen and oxygen atoms in total. The summed E-state index contributed by atoms with van der Waals surface area (Å²) in [7, 11) is 0. The summed E-state index contributed by atoms with van der Waals surface area (Å²) < 4.78 is 7.89. The Morgan fingerprint density at radius 1 is 1.33 bits per heavy atom. The Balaban J connectivity index is 2.05. The van der Waals surface area contributed by atoms with Gasteiger partial charge in [-0.05, 0) is 30.6 Å². The molecule has 2 fully saturated rings. The lowest BCUT2D eigenvalue weighted by Crippen LogP contribution is -2.07. The fourth-order valence-electron chi connectivity index (χ4n) is 2.30. The van der Waals surface area contributed by atoms with E-state index < -0.39 is 0 Å². The van der Waals surface area contributed by atoms with Crippen molar-refractivity contribution in [2.24, 2.45) is 11.3 Å². The second kappa shape index (κ2) is 1.74. The van der Waals surface area contributed by atoms with E-state index in [1.807, 2.05) is 0 Å². The molecule has 2 rings (SSSR count). The third kappa shape index (κ3) is 0.798. The van der Waals surface area contributed by atoms with E-state index in [-0.39, 0.29) is 5.89 Å². The molecule has 2 aliphatic carbocycles. The van der Waals surface area contributed by atoms with Gasteiger partial charge < -0.3 is 0 Å². The molecular weight excluding hydrogens is 108 g/mol. The molecule has 0 aliphatic heterocycles. The van der Waals surface area contributed by atoms with Crippen molar-refractivity contribution < 1.29 is 1.37 Å². The SMILES string of the molecule is [2H]C1(C)CC12CCCCC2. The van der Waals surface area contributed by atoms with E-state index >= 15 is 0 Å². The maximum Gasteiger partial charge on any atom is 0.0306 e. The highest BCUT2D eigenvalue weighted by molar-refractivity contribution is 5.00. The van der Waals surface area contributed by atoms with Gasteiger partial charge in [0.1, 0.15) is 0 Å². The van der Waals surface area contributed by atoms with Crippen molar-refractivity contribution in [3.63, 3.8) is 0 Å². The number of hydrogen-bond acceptors (Lipinski definition) is 0. The predicted molar refractivity (Wildman–Crippen MR) is 39.3 cm³/mol. The van der Waals surface area contributed by atoms with Crippen molar-refractivity contribution >= 4 is 0 Å². The predicted octanol–water partition coefficient (Wildman–Crippen LogP) is 2.98. The van der Waals surface area contributed by atoms with E-state index in [1.54, 1.807) is 0 Å². The maximum atomic E-state index is 7.89. The fraction of sp³-hybridized carbons (Fsp3) is 1.00. The Morgan fingerprint density at radius 2 is 1.89 bits per heavy atom. The highest BCUT2D eigenvalue weighted by atomic mass is 14.5. The lowest BCUT2D eigenvalue weighted by atomic mass is 9.85. The summed E-state index contributed by atoms with van der Waals surface area (Å²) in [5.41, 5.74) is 0.491. The van der Waals surface area contributed by atoms with Gasteiger partial charge in [0, 0.05) is 1.37 Å². The van der Waals surface area contributed by atoms with Crippen LogP contribution in [0.4, 0.5) is 0 Å². The van der Waals surface area contributed by atoms with Crippen molar-refractivity contribution in [3.05, 3.63) is 0 Å². The summed E-state index contributed by atoms with van der Waals surface area (Å²) in [5.74, 6) is -0.0343. The molecule has 1 spiro atoms. The van der Waals surface area contributed by atoms with Crippen molar-refractivity contribution in [2.75, 3.05) is 0 Å². The average molecular weight is 125 g/mol. The number of hydrogen-bond donors (Lipinski definition) is 0. The van der Waals surface area contributed by atoms with Crippen molar-refractivity contribution in [3.8, 4) is 0 Å². The lowest BCUT2D eigenvalue weighted by Gasteiger charge is -2.21. The summed E-state index contributed by atoms with van der Waals surface area (Å²) in [4.78, 5) is 0. The molecule has 0 aromatic heterocycles. The smallest absolute Gasteiger partial charge is 0.0306 e. The Morgan fingerprint density at radius 3 is 2.22 bits per heavy atom. The first-order chi connectivity index (χ1) is 4.66. The molecule has 0 heteroatoms. The van der Waals surface area contributed by atoms with Gasteiger partial charge in [0.05, 0.1) is 0 Å². The van der Waals surface area contributed by atoms with Crippen molar-refractivity contribution in [1.29, 1.82) is 0 Å². The van der Waals surface area contributed by atoms with Crippen LogP contribution in [0, 0.1) is 11.3 Å². The van der Waals surface area contributed by atoms with Gasteiger partial charge in [-0.25, -0.2) is 0 Å². The molecule has 9 heavy (non-hydrogen) atoms. The largest absolute Gasteiger partial charge is 0.0620 e. The minimum absolute atomic E-state index is 0.0343. The zero-order chi connectivity index (χ0) is 7.24. The average Bonchev–Trinajstić information content (AvgIpc) is 2.36. The maximum absolute atomic E-state index is 7.89. The Hall–Kier alpha value is 0. The van der Waals surface area contributed by atoms with Crippen LogP contribution >= 0.6 is 0 Å². The quantitative estimate of drug-likeness (QED) is 0.467. The first kappa shape index (κ1) is 4.76. The van der Waals surface area contributed by atoms with Crippen LogP contribution in [-0.2, 0) is 0 Å². The molecule has 0 N–H and O–H groups in total. The van der Waals surface area contributed by atoms with E-state index in [1.165, 1.54) is 38.5 Å². The second-order valence-electron chi connectivity index (χ2n) is 3.80. The first-order valence-electron chi connectivity index (χ1n) is 4.66. The molecule has 0 amide bonds. The number of rotatable bonds is 0. The van der Waals surface area contributed by atoms with Gasteiger partial charge in [-0.2, -0.15) is 0 Å². The zero-order valence-electron chi connectivity index (χ0n) is 7.24. The minimum Gasteiger partial charge on any atom is -0.0620 e. The molecule has 52 valence electrons. The molecule has 0 saturated heterocycles. The van der Waals surface area contributed by atoms with E-state index in [0.29, 0.717) is 5.41 Å². The van der Waals surface area contributed by atoms with Gasteiger partial charge in [0.2, 0.25) is 0 Å². The van der Waals surface area contributed by atoms with Crippen LogP contribution in [0.3, 0.4) is 0 Å². The van der Waals surface area contributed by atoms with E-state index in [2.05, 4.69) is 6.92 Å². The third-order valence-corrected chi connectivity index (χ3v) is 3.19. The summed E-state index contributed by atoms with van der Waals surface area (Å²) in [6, 6.07) is 0.